The molecule has 1 fully saturated rings. The Labute approximate surface area is 110 Å². The van der Waals surface area contributed by atoms with Crippen molar-refractivity contribution in [3.05, 3.63) is 39.4 Å². The zero-order valence-electron chi connectivity index (χ0n) is 10.7. The van der Waals surface area contributed by atoms with Crippen molar-refractivity contribution < 1.29 is 14.6 Å². The van der Waals surface area contributed by atoms with Crippen molar-refractivity contribution in [2.75, 3.05) is 0 Å². The number of carbonyl (C=O) groups excluding carboxylic acids is 1. The van der Waals surface area contributed by atoms with Crippen LogP contribution < -0.4 is 5.48 Å². The Morgan fingerprint density at radius 2 is 2.05 bits per heavy atom. The number of nitrogens with one attached hydrogen (secondary N) is 1. The van der Waals surface area contributed by atoms with E-state index < -0.39 is 10.8 Å². The molecule has 1 amide bonds. The second kappa shape index (κ2) is 5.79. The SMILES string of the molecule is Cc1cc(C(=O)NOC2CCCC2)cc([N+](=O)[O-])c1. The monoisotopic (exact) mass is 264 g/mol. The Morgan fingerprint density at radius 3 is 2.68 bits per heavy atom. The molecule has 0 unspecified atom stereocenters. The van der Waals surface area contributed by atoms with Crippen LogP contribution in [0.2, 0.25) is 0 Å². The molecule has 0 heterocycles. The van der Waals surface area contributed by atoms with Crippen LogP contribution in [-0.4, -0.2) is 16.9 Å². The van der Waals surface area contributed by atoms with E-state index in [0.29, 0.717) is 5.56 Å². The molecule has 1 aliphatic carbocycles. The van der Waals surface area contributed by atoms with Gasteiger partial charge in [-0.25, -0.2) is 5.48 Å². The Morgan fingerprint density at radius 1 is 1.37 bits per heavy atom. The Kier molecular flexibility index (Phi) is 4.11. The van der Waals surface area contributed by atoms with Crippen molar-refractivity contribution in [1.29, 1.82) is 0 Å². The first-order valence-electron chi connectivity index (χ1n) is 6.28. The number of aryl methyl sites for hydroxylation is 1. The van der Waals surface area contributed by atoms with E-state index in [1.54, 1.807) is 13.0 Å². The highest BCUT2D eigenvalue weighted by Gasteiger charge is 2.18. The van der Waals surface area contributed by atoms with Gasteiger partial charge in [-0.15, -0.1) is 0 Å². The number of rotatable bonds is 4. The molecule has 1 aromatic carbocycles. The number of nitro groups is 1. The molecule has 6 heteroatoms. The molecule has 1 N–H and O–H groups in total. The quantitative estimate of drug-likeness (QED) is 0.669. The Bertz CT molecular complexity index is 495. The summed E-state index contributed by atoms with van der Waals surface area (Å²) < 4.78 is 0. The minimum absolute atomic E-state index is 0.0590. The van der Waals surface area contributed by atoms with Crippen molar-refractivity contribution in [2.45, 2.75) is 38.7 Å². The third-order valence-electron chi connectivity index (χ3n) is 3.16. The molecule has 1 saturated carbocycles. The van der Waals surface area contributed by atoms with E-state index in [1.807, 2.05) is 0 Å². The molecule has 0 atom stereocenters. The summed E-state index contributed by atoms with van der Waals surface area (Å²) in [7, 11) is 0. The van der Waals surface area contributed by atoms with Crippen molar-refractivity contribution >= 4 is 11.6 Å². The van der Waals surface area contributed by atoms with Crippen LogP contribution in [0.1, 0.15) is 41.6 Å². The number of hydroxylamine groups is 1. The molecule has 19 heavy (non-hydrogen) atoms. The summed E-state index contributed by atoms with van der Waals surface area (Å²) in [5.74, 6) is -0.446. The van der Waals surface area contributed by atoms with Crippen molar-refractivity contribution in [2.24, 2.45) is 0 Å². The number of amides is 1. The molecule has 2 rings (SSSR count). The van der Waals surface area contributed by atoms with Gasteiger partial charge in [-0.2, -0.15) is 0 Å². The number of benzene rings is 1. The van der Waals surface area contributed by atoms with E-state index >= 15 is 0 Å². The van der Waals surface area contributed by atoms with E-state index in [2.05, 4.69) is 5.48 Å². The third kappa shape index (κ3) is 3.51. The molecule has 1 aliphatic rings. The first-order chi connectivity index (χ1) is 9.06. The maximum atomic E-state index is 11.9. The normalized spacial score (nSPS) is 15.4. The first-order valence-corrected chi connectivity index (χ1v) is 6.28. The van der Waals surface area contributed by atoms with Crippen LogP contribution in [0.4, 0.5) is 5.69 Å². The summed E-state index contributed by atoms with van der Waals surface area (Å²) in [6, 6.07) is 4.27. The van der Waals surface area contributed by atoms with Crippen molar-refractivity contribution in [3.63, 3.8) is 0 Å². The fourth-order valence-corrected chi connectivity index (χ4v) is 2.20. The number of hydrogen-bond donors (Lipinski definition) is 1. The van der Waals surface area contributed by atoms with Gasteiger partial charge in [-0.3, -0.25) is 19.7 Å². The van der Waals surface area contributed by atoms with Gasteiger partial charge < -0.3 is 0 Å². The third-order valence-corrected chi connectivity index (χ3v) is 3.16. The van der Waals surface area contributed by atoms with Crippen LogP contribution in [-0.2, 0) is 4.84 Å². The second-order valence-corrected chi connectivity index (χ2v) is 4.77. The van der Waals surface area contributed by atoms with E-state index in [4.69, 9.17) is 4.84 Å². The summed E-state index contributed by atoms with van der Waals surface area (Å²) >= 11 is 0. The molecule has 0 aromatic heterocycles. The topological polar surface area (TPSA) is 81.5 Å². The lowest BCUT2D eigenvalue weighted by molar-refractivity contribution is -0.384. The van der Waals surface area contributed by atoms with Gasteiger partial charge >= 0.3 is 0 Å². The Hall–Kier alpha value is -1.95. The first kappa shape index (κ1) is 13.5. The highest BCUT2D eigenvalue weighted by molar-refractivity contribution is 5.94. The fraction of sp³-hybridized carbons (Fsp3) is 0.462. The average Bonchev–Trinajstić information content (AvgIpc) is 2.88. The summed E-state index contributed by atoms with van der Waals surface area (Å²) in [5.41, 5.74) is 3.19. The van der Waals surface area contributed by atoms with Crippen LogP contribution >= 0.6 is 0 Å². The van der Waals surface area contributed by atoms with Gasteiger partial charge in [0, 0.05) is 17.7 Å². The lowest BCUT2D eigenvalue weighted by Gasteiger charge is -2.11. The van der Waals surface area contributed by atoms with Gasteiger partial charge in [-0.05, 0) is 31.4 Å². The highest BCUT2D eigenvalue weighted by Crippen LogP contribution is 2.20. The molecular formula is C13H16N2O4. The minimum atomic E-state index is -0.512. The summed E-state index contributed by atoms with van der Waals surface area (Å²) in [6.45, 7) is 1.71. The van der Waals surface area contributed by atoms with Gasteiger partial charge in [0.1, 0.15) is 0 Å². The zero-order valence-corrected chi connectivity index (χ0v) is 10.7. The number of nitro benzene ring substituents is 1. The van der Waals surface area contributed by atoms with Crippen LogP contribution in [0.5, 0.6) is 0 Å². The second-order valence-electron chi connectivity index (χ2n) is 4.77. The smallest absolute Gasteiger partial charge is 0.270 e. The van der Waals surface area contributed by atoms with Crippen LogP contribution in [0.3, 0.4) is 0 Å². The molecule has 0 aliphatic heterocycles. The van der Waals surface area contributed by atoms with Gasteiger partial charge in [0.2, 0.25) is 0 Å². The van der Waals surface area contributed by atoms with E-state index in [1.165, 1.54) is 12.1 Å². The Balaban J connectivity index is 2.03. The number of nitrogens with zero attached hydrogens (tertiary/aromatic N) is 1. The van der Waals surface area contributed by atoms with Crippen molar-refractivity contribution in [3.8, 4) is 0 Å². The largest absolute Gasteiger partial charge is 0.275 e. The average molecular weight is 264 g/mol. The standard InChI is InChI=1S/C13H16N2O4/c1-9-6-10(8-11(7-9)15(17)18)13(16)14-19-12-4-2-3-5-12/h6-8,12H,2-5H2,1H3,(H,14,16). The molecule has 0 saturated heterocycles. The summed E-state index contributed by atoms with van der Waals surface area (Å²) in [6.07, 6.45) is 4.15. The van der Waals surface area contributed by atoms with E-state index in [9.17, 15) is 14.9 Å². The summed E-state index contributed by atoms with van der Waals surface area (Å²) in [4.78, 5) is 27.4. The predicted octanol–water partition coefficient (Wildman–Crippen LogP) is 2.51. The zero-order chi connectivity index (χ0) is 13.8. The van der Waals surface area contributed by atoms with E-state index in [-0.39, 0.29) is 17.4 Å². The highest BCUT2D eigenvalue weighted by atomic mass is 16.7. The van der Waals surface area contributed by atoms with Crippen LogP contribution in [0.25, 0.3) is 0 Å². The fourth-order valence-electron chi connectivity index (χ4n) is 2.20. The lowest BCUT2D eigenvalue weighted by Crippen LogP contribution is -2.28. The number of carbonyl (C=O) groups is 1. The lowest BCUT2D eigenvalue weighted by atomic mass is 10.1. The van der Waals surface area contributed by atoms with E-state index in [0.717, 1.165) is 25.7 Å². The molecule has 0 bridgehead atoms. The van der Waals surface area contributed by atoms with Gasteiger partial charge in [0.25, 0.3) is 11.6 Å². The van der Waals surface area contributed by atoms with Crippen LogP contribution in [0, 0.1) is 17.0 Å². The van der Waals surface area contributed by atoms with Gasteiger partial charge in [0.15, 0.2) is 0 Å². The van der Waals surface area contributed by atoms with Crippen molar-refractivity contribution in [1.82, 2.24) is 5.48 Å². The minimum Gasteiger partial charge on any atom is -0.270 e. The molecule has 0 spiro atoms. The molecule has 1 aromatic rings. The van der Waals surface area contributed by atoms with Gasteiger partial charge in [0.05, 0.1) is 11.0 Å². The number of hydrogen-bond acceptors (Lipinski definition) is 4. The predicted molar refractivity (Wildman–Crippen MR) is 68.6 cm³/mol. The molecule has 0 radical (unpaired) electrons. The molecule has 102 valence electrons. The summed E-state index contributed by atoms with van der Waals surface area (Å²) in [5, 5.41) is 10.7. The molecule has 6 nitrogen and oxygen atoms in total. The van der Waals surface area contributed by atoms with Crippen LogP contribution in [0.15, 0.2) is 18.2 Å². The number of non-ortho nitro benzene ring substituents is 1. The maximum Gasteiger partial charge on any atom is 0.275 e. The molecular weight excluding hydrogens is 248 g/mol. The van der Waals surface area contributed by atoms with Gasteiger partial charge in [-0.1, -0.05) is 12.8 Å². The maximum absolute atomic E-state index is 11.9.